The van der Waals surface area contributed by atoms with Crippen LogP contribution in [0.5, 0.6) is 0 Å². The Bertz CT molecular complexity index is 1250. The quantitative estimate of drug-likeness (QED) is 0.229. The molecular formula is C27H31ClN6O2S. The standard InChI is InChI=1S/C27H31ClN6O2S/c1-18(30-25(35)20-8-6-19(7-9-20)17-34-14-4-3-5-15-34)23-16-24(37-27(23)31-29)26(36)32-33(2)22-12-10-21(28)11-13-22/h6-13,16,31H,1,3-5,14-15,17,29H2,2H3,(H,30,35)(H,32,36). The van der Waals surface area contributed by atoms with Crippen molar-refractivity contribution in [3.63, 3.8) is 0 Å². The second kappa shape index (κ2) is 12.2. The SMILES string of the molecule is C=C(NC(=O)c1ccc(CN2CCCCC2)cc1)c1cc(C(=O)NN(C)c2ccc(Cl)cc2)sc1NN. The van der Waals surface area contributed by atoms with Crippen molar-refractivity contribution in [3.05, 3.63) is 87.8 Å². The smallest absolute Gasteiger partial charge is 0.279 e. The minimum Gasteiger partial charge on any atom is -0.322 e. The minimum absolute atomic E-state index is 0.280. The number of nitrogens with zero attached hydrogens (tertiary/aromatic N) is 2. The van der Waals surface area contributed by atoms with Crippen molar-refractivity contribution in [1.82, 2.24) is 15.6 Å². The molecule has 2 heterocycles. The fraction of sp³-hybridized carbons (Fsp3) is 0.259. The predicted molar refractivity (Wildman–Crippen MR) is 152 cm³/mol. The summed E-state index contributed by atoms with van der Waals surface area (Å²) in [6.45, 7) is 7.14. The Morgan fingerprint density at radius 2 is 1.73 bits per heavy atom. The van der Waals surface area contributed by atoms with Gasteiger partial charge in [0.15, 0.2) is 0 Å². The summed E-state index contributed by atoms with van der Waals surface area (Å²) < 4.78 is 0. The lowest BCUT2D eigenvalue weighted by Gasteiger charge is -2.26. The third kappa shape index (κ3) is 6.90. The van der Waals surface area contributed by atoms with Crippen molar-refractivity contribution < 1.29 is 9.59 Å². The van der Waals surface area contributed by atoms with Gasteiger partial charge in [0.1, 0.15) is 5.00 Å². The number of carbonyl (C=O) groups excluding carboxylic acids is 2. The third-order valence-electron chi connectivity index (χ3n) is 6.23. The van der Waals surface area contributed by atoms with Crippen LogP contribution >= 0.6 is 22.9 Å². The highest BCUT2D eigenvalue weighted by Gasteiger charge is 2.19. The average molecular weight is 539 g/mol. The molecular weight excluding hydrogens is 508 g/mol. The Morgan fingerprint density at radius 3 is 2.38 bits per heavy atom. The van der Waals surface area contributed by atoms with Crippen LogP contribution in [0, 0.1) is 0 Å². The van der Waals surface area contributed by atoms with Crippen LogP contribution in [-0.4, -0.2) is 36.9 Å². The molecule has 37 heavy (non-hydrogen) atoms. The number of hydrogen-bond acceptors (Lipinski definition) is 7. The van der Waals surface area contributed by atoms with Crippen molar-refractivity contribution in [3.8, 4) is 0 Å². The highest BCUT2D eigenvalue weighted by Crippen LogP contribution is 2.31. The molecule has 2 aromatic carbocycles. The van der Waals surface area contributed by atoms with E-state index >= 15 is 0 Å². The van der Waals surface area contributed by atoms with Gasteiger partial charge in [0, 0.05) is 35.4 Å². The van der Waals surface area contributed by atoms with E-state index in [0.29, 0.717) is 31.7 Å². The number of piperidine rings is 1. The summed E-state index contributed by atoms with van der Waals surface area (Å²) in [5, 5.41) is 5.55. The molecule has 0 aliphatic carbocycles. The van der Waals surface area contributed by atoms with Gasteiger partial charge in [-0.1, -0.05) is 36.7 Å². The molecule has 5 N–H and O–H groups in total. The molecule has 0 unspecified atom stereocenters. The lowest BCUT2D eigenvalue weighted by atomic mass is 10.1. The monoisotopic (exact) mass is 538 g/mol. The molecule has 10 heteroatoms. The summed E-state index contributed by atoms with van der Waals surface area (Å²) in [6.07, 6.45) is 3.79. The Morgan fingerprint density at radius 1 is 1.05 bits per heavy atom. The van der Waals surface area contributed by atoms with Crippen LogP contribution in [-0.2, 0) is 6.54 Å². The number of hydrogen-bond donors (Lipinski definition) is 4. The maximum Gasteiger partial charge on any atom is 0.279 e. The van der Waals surface area contributed by atoms with Crippen molar-refractivity contribution in [2.75, 3.05) is 30.6 Å². The van der Waals surface area contributed by atoms with E-state index in [9.17, 15) is 9.59 Å². The molecule has 1 aromatic heterocycles. The average Bonchev–Trinajstić information content (AvgIpc) is 3.35. The molecule has 4 rings (SSSR count). The van der Waals surface area contributed by atoms with Crippen molar-refractivity contribution in [2.24, 2.45) is 5.84 Å². The largest absolute Gasteiger partial charge is 0.322 e. The van der Waals surface area contributed by atoms with Crippen molar-refractivity contribution >= 4 is 51.1 Å². The molecule has 0 saturated carbocycles. The summed E-state index contributed by atoms with van der Waals surface area (Å²) in [4.78, 5) is 28.6. The van der Waals surface area contributed by atoms with Gasteiger partial charge >= 0.3 is 0 Å². The number of likely N-dealkylation sites (tertiary alicyclic amines) is 1. The number of anilines is 2. The van der Waals surface area contributed by atoms with E-state index in [2.05, 4.69) is 27.6 Å². The van der Waals surface area contributed by atoms with Gasteiger partial charge in [0.25, 0.3) is 11.8 Å². The second-order valence-electron chi connectivity index (χ2n) is 8.94. The zero-order chi connectivity index (χ0) is 26.4. The molecule has 0 bridgehead atoms. The van der Waals surface area contributed by atoms with E-state index in [4.69, 9.17) is 17.4 Å². The van der Waals surface area contributed by atoms with Gasteiger partial charge in [-0.2, -0.15) is 0 Å². The Balaban J connectivity index is 1.38. The molecule has 1 aliphatic heterocycles. The van der Waals surface area contributed by atoms with E-state index in [0.717, 1.165) is 36.7 Å². The van der Waals surface area contributed by atoms with Crippen LogP contribution in [0.4, 0.5) is 10.7 Å². The molecule has 0 spiro atoms. The number of benzene rings is 2. The lowest BCUT2D eigenvalue weighted by molar-refractivity contribution is 0.0953. The topological polar surface area (TPSA) is 103 Å². The molecule has 1 fully saturated rings. The van der Waals surface area contributed by atoms with Crippen LogP contribution in [0.15, 0.2) is 61.2 Å². The van der Waals surface area contributed by atoms with Gasteiger partial charge in [-0.25, -0.2) is 5.84 Å². The maximum atomic E-state index is 12.9. The highest BCUT2D eigenvalue weighted by atomic mass is 35.5. The number of halogens is 1. The Labute approximate surface area is 226 Å². The number of thiophene rings is 1. The third-order valence-corrected chi connectivity index (χ3v) is 7.55. The Kier molecular flexibility index (Phi) is 8.83. The first-order valence-electron chi connectivity index (χ1n) is 12.1. The molecule has 194 valence electrons. The lowest BCUT2D eigenvalue weighted by Crippen LogP contribution is -2.39. The number of carbonyl (C=O) groups is 2. The molecule has 8 nitrogen and oxygen atoms in total. The molecule has 0 atom stereocenters. The summed E-state index contributed by atoms with van der Waals surface area (Å²) in [6, 6.07) is 16.4. The molecule has 0 radical (unpaired) electrons. The van der Waals surface area contributed by atoms with Gasteiger partial charge in [0.05, 0.1) is 10.6 Å². The van der Waals surface area contributed by atoms with E-state index in [-0.39, 0.29) is 11.8 Å². The zero-order valence-electron chi connectivity index (χ0n) is 20.7. The van der Waals surface area contributed by atoms with Crippen molar-refractivity contribution in [1.29, 1.82) is 0 Å². The van der Waals surface area contributed by atoms with E-state index in [1.165, 1.54) is 24.8 Å². The molecule has 3 aromatic rings. The number of nitrogen functional groups attached to an aromatic ring is 1. The van der Waals surface area contributed by atoms with E-state index < -0.39 is 0 Å². The number of nitrogens with one attached hydrogen (secondary N) is 3. The highest BCUT2D eigenvalue weighted by molar-refractivity contribution is 7.18. The maximum absolute atomic E-state index is 12.9. The number of amides is 2. The number of rotatable bonds is 9. The van der Waals surface area contributed by atoms with Gasteiger partial charge in [-0.05, 0) is 74.0 Å². The summed E-state index contributed by atoms with van der Waals surface area (Å²) >= 11 is 7.10. The fourth-order valence-corrected chi connectivity index (χ4v) is 5.20. The number of hydrazine groups is 2. The second-order valence-corrected chi connectivity index (χ2v) is 10.4. The summed E-state index contributed by atoms with van der Waals surface area (Å²) in [7, 11) is 1.73. The van der Waals surface area contributed by atoms with Gasteiger partial charge in [-0.15, -0.1) is 11.3 Å². The van der Waals surface area contributed by atoms with Crippen LogP contribution in [0.25, 0.3) is 5.70 Å². The summed E-state index contributed by atoms with van der Waals surface area (Å²) in [5.41, 5.74) is 8.78. The van der Waals surface area contributed by atoms with Gasteiger partial charge < -0.3 is 10.7 Å². The van der Waals surface area contributed by atoms with Crippen LogP contribution in [0.3, 0.4) is 0 Å². The zero-order valence-corrected chi connectivity index (χ0v) is 22.3. The van der Waals surface area contributed by atoms with Crippen LogP contribution in [0.2, 0.25) is 5.02 Å². The first kappa shape index (κ1) is 26.7. The molecule has 2 amide bonds. The molecule has 1 saturated heterocycles. The Hall–Kier alpha value is -3.37. The fourth-order valence-electron chi connectivity index (χ4n) is 4.18. The first-order chi connectivity index (χ1) is 17.8. The van der Waals surface area contributed by atoms with Gasteiger partial charge in [-0.3, -0.25) is 24.9 Å². The van der Waals surface area contributed by atoms with E-state index in [1.54, 1.807) is 42.4 Å². The molecule has 1 aliphatic rings. The van der Waals surface area contributed by atoms with Crippen LogP contribution < -0.4 is 27.0 Å². The van der Waals surface area contributed by atoms with Gasteiger partial charge in [0.2, 0.25) is 0 Å². The normalized spacial score (nSPS) is 13.6. The van der Waals surface area contributed by atoms with E-state index in [1.807, 2.05) is 24.3 Å². The van der Waals surface area contributed by atoms with Crippen LogP contribution in [0.1, 0.15) is 50.4 Å². The summed E-state index contributed by atoms with van der Waals surface area (Å²) in [5.74, 6) is 5.09. The number of nitrogens with two attached hydrogens (primary N) is 1. The minimum atomic E-state index is -0.325. The predicted octanol–water partition coefficient (Wildman–Crippen LogP) is 4.85. The first-order valence-corrected chi connectivity index (χ1v) is 13.3. The van der Waals surface area contributed by atoms with Crippen molar-refractivity contribution in [2.45, 2.75) is 25.8 Å².